The Morgan fingerprint density at radius 2 is 1.63 bits per heavy atom. The van der Waals surface area contributed by atoms with Crippen LogP contribution < -0.4 is 0 Å². The van der Waals surface area contributed by atoms with Gasteiger partial charge in [0.1, 0.15) is 5.78 Å². The lowest BCUT2D eigenvalue weighted by atomic mass is 10.2. The zero-order valence-electron chi connectivity index (χ0n) is 11.7. The number of nitrogens with zero attached hydrogens (tertiary/aromatic N) is 2. The number of ether oxygens (including phenoxy) is 1. The van der Waals surface area contributed by atoms with Crippen LogP contribution in [0.3, 0.4) is 0 Å². The van der Waals surface area contributed by atoms with E-state index in [1.54, 1.807) is 4.90 Å². The van der Waals surface area contributed by atoms with E-state index >= 15 is 0 Å². The molecule has 0 aliphatic carbocycles. The van der Waals surface area contributed by atoms with Crippen molar-refractivity contribution in [2.45, 2.75) is 26.2 Å². The van der Waals surface area contributed by atoms with Crippen LogP contribution in [0.5, 0.6) is 0 Å². The normalized spacial score (nSPS) is 16.2. The van der Waals surface area contributed by atoms with Crippen molar-refractivity contribution in [3.63, 3.8) is 0 Å². The summed E-state index contributed by atoms with van der Waals surface area (Å²) in [6.07, 6.45) is 1.01. The molecule has 19 heavy (non-hydrogen) atoms. The molecule has 1 fully saturated rings. The van der Waals surface area contributed by atoms with Gasteiger partial charge in [-0.05, 0) is 6.92 Å². The van der Waals surface area contributed by atoms with E-state index in [4.69, 9.17) is 0 Å². The summed E-state index contributed by atoms with van der Waals surface area (Å²) in [5, 5.41) is 0. The molecule has 0 radical (unpaired) electrons. The molecule has 1 rings (SSSR count). The van der Waals surface area contributed by atoms with Gasteiger partial charge in [0.05, 0.1) is 13.5 Å². The van der Waals surface area contributed by atoms with Crippen LogP contribution in [0.2, 0.25) is 0 Å². The van der Waals surface area contributed by atoms with Gasteiger partial charge in [-0.15, -0.1) is 0 Å². The maximum absolute atomic E-state index is 11.8. The molecule has 0 aromatic rings. The number of methoxy groups -OCH3 is 1. The molecule has 0 aromatic heterocycles. The topological polar surface area (TPSA) is 66.9 Å². The predicted molar refractivity (Wildman–Crippen MR) is 69.6 cm³/mol. The zero-order valence-corrected chi connectivity index (χ0v) is 11.7. The fourth-order valence-corrected chi connectivity index (χ4v) is 2.01. The quantitative estimate of drug-likeness (QED) is 0.639. The van der Waals surface area contributed by atoms with E-state index in [2.05, 4.69) is 9.64 Å². The minimum Gasteiger partial charge on any atom is -0.469 e. The Bertz CT molecular complexity index is 336. The van der Waals surface area contributed by atoms with Gasteiger partial charge in [-0.1, -0.05) is 0 Å². The van der Waals surface area contributed by atoms with E-state index < -0.39 is 0 Å². The minimum atomic E-state index is -0.208. The molecule has 108 valence electrons. The number of piperazine rings is 1. The van der Waals surface area contributed by atoms with Crippen molar-refractivity contribution in [2.24, 2.45) is 0 Å². The second kappa shape index (κ2) is 7.89. The third-order valence-corrected chi connectivity index (χ3v) is 3.28. The summed E-state index contributed by atoms with van der Waals surface area (Å²) in [4.78, 5) is 37.6. The van der Waals surface area contributed by atoms with Gasteiger partial charge in [-0.25, -0.2) is 0 Å². The summed E-state index contributed by atoms with van der Waals surface area (Å²) in [5.41, 5.74) is 0. The smallest absolute Gasteiger partial charge is 0.306 e. The van der Waals surface area contributed by atoms with E-state index in [9.17, 15) is 14.4 Å². The average Bonchev–Trinajstić information content (AvgIpc) is 2.42. The fourth-order valence-electron chi connectivity index (χ4n) is 2.01. The SMILES string of the molecule is COC(=O)CCN1CCN(C(=O)CCC(C)=O)CC1. The third kappa shape index (κ3) is 5.83. The van der Waals surface area contributed by atoms with Crippen LogP contribution in [0.25, 0.3) is 0 Å². The standard InChI is InChI=1S/C13H22N2O4/c1-11(16)3-4-12(17)15-9-7-14(8-10-15)6-5-13(18)19-2/h3-10H2,1-2H3. The Kier molecular flexibility index (Phi) is 6.49. The van der Waals surface area contributed by atoms with Crippen LogP contribution in [-0.4, -0.2) is 67.3 Å². The van der Waals surface area contributed by atoms with Crippen LogP contribution in [0, 0.1) is 0 Å². The second-order valence-corrected chi connectivity index (χ2v) is 4.75. The Morgan fingerprint density at radius 1 is 1.00 bits per heavy atom. The third-order valence-electron chi connectivity index (χ3n) is 3.28. The number of esters is 1. The minimum absolute atomic E-state index is 0.0443. The highest BCUT2D eigenvalue weighted by Gasteiger charge is 2.21. The molecule has 6 heteroatoms. The molecule has 1 aliphatic rings. The summed E-state index contributed by atoms with van der Waals surface area (Å²) in [5.74, 6) is -0.118. The number of hydrogen-bond acceptors (Lipinski definition) is 5. The first-order chi connectivity index (χ1) is 9.02. The second-order valence-electron chi connectivity index (χ2n) is 4.75. The Balaban J connectivity index is 2.22. The molecule has 0 saturated carbocycles. The zero-order chi connectivity index (χ0) is 14.3. The van der Waals surface area contributed by atoms with Gasteiger partial charge in [-0.2, -0.15) is 0 Å². The number of carbonyl (C=O) groups is 3. The van der Waals surface area contributed by atoms with Crippen LogP contribution in [0.15, 0.2) is 0 Å². The Hall–Kier alpha value is -1.43. The first-order valence-electron chi connectivity index (χ1n) is 6.59. The molecule has 0 spiro atoms. The lowest BCUT2D eigenvalue weighted by Gasteiger charge is -2.34. The number of ketones is 1. The molecule has 0 aromatic carbocycles. The van der Waals surface area contributed by atoms with Gasteiger partial charge in [-0.3, -0.25) is 14.5 Å². The van der Waals surface area contributed by atoms with Crippen molar-refractivity contribution in [3.8, 4) is 0 Å². The highest BCUT2D eigenvalue weighted by atomic mass is 16.5. The van der Waals surface area contributed by atoms with Gasteiger partial charge in [0, 0.05) is 45.6 Å². The fraction of sp³-hybridized carbons (Fsp3) is 0.769. The van der Waals surface area contributed by atoms with E-state index in [1.807, 2.05) is 0 Å². The van der Waals surface area contributed by atoms with Crippen LogP contribution in [-0.2, 0) is 19.1 Å². The number of hydrogen-bond donors (Lipinski definition) is 0. The van der Waals surface area contributed by atoms with Crippen molar-refractivity contribution in [2.75, 3.05) is 39.8 Å². The van der Waals surface area contributed by atoms with Crippen LogP contribution >= 0.6 is 0 Å². The summed E-state index contributed by atoms with van der Waals surface area (Å²) >= 11 is 0. The number of amides is 1. The highest BCUT2D eigenvalue weighted by Crippen LogP contribution is 2.06. The first-order valence-corrected chi connectivity index (χ1v) is 6.59. The summed E-state index contributed by atoms with van der Waals surface area (Å²) in [7, 11) is 1.38. The molecule has 6 nitrogen and oxygen atoms in total. The number of rotatable bonds is 6. The lowest BCUT2D eigenvalue weighted by molar-refractivity contribution is -0.141. The molecular weight excluding hydrogens is 248 g/mol. The molecule has 0 bridgehead atoms. The molecular formula is C13H22N2O4. The van der Waals surface area contributed by atoms with E-state index in [0.29, 0.717) is 38.9 Å². The van der Waals surface area contributed by atoms with Crippen molar-refractivity contribution in [1.29, 1.82) is 0 Å². The largest absolute Gasteiger partial charge is 0.469 e. The van der Waals surface area contributed by atoms with Gasteiger partial charge in [0.2, 0.25) is 5.91 Å². The lowest BCUT2D eigenvalue weighted by Crippen LogP contribution is -2.49. The van der Waals surface area contributed by atoms with Crippen LogP contribution in [0.1, 0.15) is 26.2 Å². The Morgan fingerprint density at radius 3 is 2.16 bits per heavy atom. The molecule has 1 heterocycles. The van der Waals surface area contributed by atoms with Crippen molar-refractivity contribution >= 4 is 17.7 Å². The average molecular weight is 270 g/mol. The van der Waals surface area contributed by atoms with E-state index in [1.165, 1.54) is 14.0 Å². The van der Waals surface area contributed by atoms with Gasteiger partial charge in [0.25, 0.3) is 0 Å². The highest BCUT2D eigenvalue weighted by molar-refractivity contribution is 5.83. The molecule has 1 aliphatic heterocycles. The maximum atomic E-state index is 11.8. The summed E-state index contributed by atoms with van der Waals surface area (Å²) in [6, 6.07) is 0. The summed E-state index contributed by atoms with van der Waals surface area (Å²) < 4.78 is 4.59. The number of carbonyl (C=O) groups excluding carboxylic acids is 3. The van der Waals surface area contributed by atoms with Gasteiger partial charge >= 0.3 is 5.97 Å². The molecule has 0 atom stereocenters. The van der Waals surface area contributed by atoms with Crippen molar-refractivity contribution in [3.05, 3.63) is 0 Å². The molecule has 1 amide bonds. The van der Waals surface area contributed by atoms with E-state index in [0.717, 1.165) is 13.1 Å². The van der Waals surface area contributed by atoms with Crippen LogP contribution in [0.4, 0.5) is 0 Å². The van der Waals surface area contributed by atoms with E-state index in [-0.39, 0.29) is 17.7 Å². The Labute approximate surface area is 113 Å². The maximum Gasteiger partial charge on any atom is 0.306 e. The van der Waals surface area contributed by atoms with Crippen molar-refractivity contribution < 1.29 is 19.1 Å². The monoisotopic (exact) mass is 270 g/mol. The molecule has 0 unspecified atom stereocenters. The van der Waals surface area contributed by atoms with Crippen molar-refractivity contribution in [1.82, 2.24) is 9.80 Å². The number of Topliss-reactive ketones (excluding diaryl/α,β-unsaturated/α-hetero) is 1. The van der Waals surface area contributed by atoms with Gasteiger partial charge < -0.3 is 14.4 Å². The van der Waals surface area contributed by atoms with Gasteiger partial charge in [0.15, 0.2) is 0 Å². The first kappa shape index (κ1) is 15.6. The molecule has 0 N–H and O–H groups in total. The predicted octanol–water partition coefficient (Wildman–Crippen LogP) is 0.0629. The molecule has 1 saturated heterocycles. The summed E-state index contributed by atoms with van der Waals surface area (Å²) in [6.45, 7) is 5.03.